The molecule has 30 heavy (non-hydrogen) atoms. The lowest BCUT2D eigenvalue weighted by atomic mass is 9.83. The van der Waals surface area contributed by atoms with Gasteiger partial charge < -0.3 is 14.6 Å². The maximum atomic E-state index is 13.8. The molecule has 1 saturated heterocycles. The maximum absolute atomic E-state index is 13.8. The minimum atomic E-state index is -0.297. The van der Waals surface area contributed by atoms with E-state index in [1.54, 1.807) is 25.3 Å². The zero-order valence-electron chi connectivity index (χ0n) is 17.4. The van der Waals surface area contributed by atoms with Crippen molar-refractivity contribution in [2.24, 2.45) is 11.8 Å². The molecule has 0 unspecified atom stereocenters. The molecule has 1 aromatic carbocycles. The van der Waals surface area contributed by atoms with Gasteiger partial charge in [-0.05, 0) is 55.5 Å². The van der Waals surface area contributed by atoms with Crippen LogP contribution in [0.25, 0.3) is 0 Å². The molecule has 2 atom stereocenters. The average Bonchev–Trinajstić information content (AvgIpc) is 3.47. The molecular weight excluding hydrogens is 383 g/mol. The molecule has 2 fully saturated rings. The predicted molar refractivity (Wildman–Crippen MR) is 111 cm³/mol. The average molecular weight is 413 g/mol. The molecule has 1 N–H and O–H groups in total. The van der Waals surface area contributed by atoms with Gasteiger partial charge in [-0.1, -0.05) is 25.0 Å². The van der Waals surface area contributed by atoms with Crippen molar-refractivity contribution < 1.29 is 18.4 Å². The van der Waals surface area contributed by atoms with Gasteiger partial charge in [0, 0.05) is 24.9 Å². The zero-order valence-corrected chi connectivity index (χ0v) is 17.4. The van der Waals surface area contributed by atoms with E-state index in [2.05, 4.69) is 5.32 Å². The van der Waals surface area contributed by atoms with Crippen LogP contribution in [0.2, 0.25) is 0 Å². The van der Waals surface area contributed by atoms with E-state index in [1.165, 1.54) is 6.07 Å². The molecule has 0 bridgehead atoms. The summed E-state index contributed by atoms with van der Waals surface area (Å²) in [5.74, 6) is 0.353. The van der Waals surface area contributed by atoms with Crippen LogP contribution in [0.1, 0.15) is 54.9 Å². The van der Waals surface area contributed by atoms with Crippen LogP contribution in [0.15, 0.2) is 41.0 Å². The SMILES string of the molecule is Cc1cc([C@H]2C[C@H](C(=O)NCc3ccco3)CN(C(=O)C3CCCC3)C2)ccc1F. The van der Waals surface area contributed by atoms with Crippen LogP contribution in [-0.4, -0.2) is 29.8 Å². The molecule has 1 aromatic heterocycles. The molecule has 160 valence electrons. The van der Waals surface area contributed by atoms with Gasteiger partial charge in [0.1, 0.15) is 11.6 Å². The summed E-state index contributed by atoms with van der Waals surface area (Å²) in [7, 11) is 0. The summed E-state index contributed by atoms with van der Waals surface area (Å²) in [5.41, 5.74) is 1.58. The van der Waals surface area contributed by atoms with Crippen molar-refractivity contribution in [3.63, 3.8) is 0 Å². The molecule has 2 aromatic rings. The quantitative estimate of drug-likeness (QED) is 0.802. The second kappa shape index (κ2) is 9.02. The standard InChI is InChI=1S/C24H29FN2O3/c1-16-11-18(8-9-22(16)25)19-12-20(23(28)26-13-21-7-4-10-30-21)15-27(14-19)24(29)17-5-2-3-6-17/h4,7-11,17,19-20H,2-3,5-6,12-15H2,1H3,(H,26,28)/t19-,20-/m0/s1. The van der Waals surface area contributed by atoms with Crippen LogP contribution in [-0.2, 0) is 16.1 Å². The molecule has 2 amide bonds. The first-order valence-corrected chi connectivity index (χ1v) is 10.9. The summed E-state index contributed by atoms with van der Waals surface area (Å²) in [4.78, 5) is 27.9. The Morgan fingerprint density at radius 1 is 1.17 bits per heavy atom. The fourth-order valence-electron chi connectivity index (χ4n) is 4.80. The molecule has 2 aliphatic rings. The highest BCUT2D eigenvalue weighted by atomic mass is 19.1. The van der Waals surface area contributed by atoms with E-state index in [4.69, 9.17) is 4.42 Å². The molecule has 0 radical (unpaired) electrons. The number of furan rings is 1. The lowest BCUT2D eigenvalue weighted by Gasteiger charge is -2.38. The largest absolute Gasteiger partial charge is 0.467 e. The molecule has 1 saturated carbocycles. The number of rotatable bonds is 5. The normalized spacial score (nSPS) is 22.3. The molecule has 0 spiro atoms. The van der Waals surface area contributed by atoms with Gasteiger partial charge in [-0.2, -0.15) is 0 Å². The molecular formula is C24H29FN2O3. The second-order valence-corrected chi connectivity index (χ2v) is 8.66. The highest BCUT2D eigenvalue weighted by Crippen LogP contribution is 2.34. The molecule has 1 aliphatic carbocycles. The van der Waals surface area contributed by atoms with E-state index < -0.39 is 0 Å². The summed E-state index contributed by atoms with van der Waals surface area (Å²) in [5, 5.41) is 2.95. The van der Waals surface area contributed by atoms with Crippen molar-refractivity contribution in [1.29, 1.82) is 0 Å². The fourth-order valence-corrected chi connectivity index (χ4v) is 4.80. The number of carbonyl (C=O) groups excluding carboxylic acids is 2. The number of aryl methyl sites for hydroxylation is 1. The Kier molecular flexibility index (Phi) is 6.21. The van der Waals surface area contributed by atoms with E-state index >= 15 is 0 Å². The lowest BCUT2D eigenvalue weighted by Crippen LogP contribution is -2.49. The molecule has 2 heterocycles. The Hall–Kier alpha value is -2.63. The van der Waals surface area contributed by atoms with E-state index in [-0.39, 0.29) is 35.4 Å². The summed E-state index contributed by atoms with van der Waals surface area (Å²) < 4.78 is 19.1. The van der Waals surface area contributed by atoms with Gasteiger partial charge in [0.05, 0.1) is 18.7 Å². The van der Waals surface area contributed by atoms with E-state index in [0.29, 0.717) is 37.4 Å². The highest BCUT2D eigenvalue weighted by Gasteiger charge is 2.37. The Morgan fingerprint density at radius 2 is 1.97 bits per heavy atom. The van der Waals surface area contributed by atoms with Crippen molar-refractivity contribution in [2.45, 2.75) is 51.5 Å². The van der Waals surface area contributed by atoms with Gasteiger partial charge in [0.25, 0.3) is 0 Å². The number of nitrogens with zero attached hydrogens (tertiary/aromatic N) is 1. The second-order valence-electron chi connectivity index (χ2n) is 8.66. The zero-order chi connectivity index (χ0) is 21.1. The van der Waals surface area contributed by atoms with Crippen molar-refractivity contribution in [3.8, 4) is 0 Å². The van der Waals surface area contributed by atoms with Crippen molar-refractivity contribution in [2.75, 3.05) is 13.1 Å². The number of hydrogen-bond donors (Lipinski definition) is 1. The Bertz CT molecular complexity index is 890. The third kappa shape index (κ3) is 4.58. The van der Waals surface area contributed by atoms with Crippen LogP contribution >= 0.6 is 0 Å². The lowest BCUT2D eigenvalue weighted by molar-refractivity contribution is -0.139. The van der Waals surface area contributed by atoms with Gasteiger partial charge in [-0.3, -0.25) is 9.59 Å². The Labute approximate surface area is 176 Å². The van der Waals surface area contributed by atoms with Gasteiger partial charge in [0.2, 0.25) is 11.8 Å². The fraction of sp³-hybridized carbons (Fsp3) is 0.500. The summed E-state index contributed by atoms with van der Waals surface area (Å²) >= 11 is 0. The number of piperidine rings is 1. The van der Waals surface area contributed by atoms with Crippen molar-refractivity contribution >= 4 is 11.8 Å². The third-order valence-corrected chi connectivity index (χ3v) is 6.51. The topological polar surface area (TPSA) is 62.6 Å². The van der Waals surface area contributed by atoms with Crippen molar-refractivity contribution in [1.82, 2.24) is 10.2 Å². The monoisotopic (exact) mass is 412 g/mol. The number of carbonyl (C=O) groups is 2. The van der Waals surface area contributed by atoms with Crippen LogP contribution in [0.5, 0.6) is 0 Å². The van der Waals surface area contributed by atoms with E-state index in [9.17, 15) is 14.0 Å². The van der Waals surface area contributed by atoms with E-state index in [0.717, 1.165) is 31.2 Å². The summed E-state index contributed by atoms with van der Waals surface area (Å²) in [6, 6.07) is 8.72. The smallest absolute Gasteiger partial charge is 0.225 e. The number of likely N-dealkylation sites (tertiary alicyclic amines) is 1. The first kappa shape index (κ1) is 20.6. The molecule has 6 heteroatoms. The first-order valence-electron chi connectivity index (χ1n) is 10.9. The number of nitrogens with one attached hydrogen (secondary N) is 1. The van der Waals surface area contributed by atoms with Gasteiger partial charge in [-0.15, -0.1) is 0 Å². The van der Waals surface area contributed by atoms with Crippen LogP contribution < -0.4 is 5.32 Å². The number of amides is 2. The maximum Gasteiger partial charge on any atom is 0.225 e. The molecule has 5 nitrogen and oxygen atoms in total. The Balaban J connectivity index is 1.51. The predicted octanol–water partition coefficient (Wildman–Crippen LogP) is 4.17. The molecule has 4 rings (SSSR count). The molecule has 1 aliphatic heterocycles. The van der Waals surface area contributed by atoms with Crippen LogP contribution in [0.4, 0.5) is 4.39 Å². The van der Waals surface area contributed by atoms with Gasteiger partial charge in [0.15, 0.2) is 0 Å². The third-order valence-electron chi connectivity index (χ3n) is 6.51. The van der Waals surface area contributed by atoms with Crippen LogP contribution in [0, 0.1) is 24.6 Å². The summed E-state index contributed by atoms with van der Waals surface area (Å²) in [6.07, 6.45) is 6.28. The highest BCUT2D eigenvalue weighted by molar-refractivity contribution is 5.82. The minimum Gasteiger partial charge on any atom is -0.467 e. The van der Waals surface area contributed by atoms with Gasteiger partial charge in [-0.25, -0.2) is 4.39 Å². The first-order chi connectivity index (χ1) is 14.5. The Morgan fingerprint density at radius 3 is 2.67 bits per heavy atom. The summed E-state index contributed by atoms with van der Waals surface area (Å²) in [6.45, 7) is 3.11. The minimum absolute atomic E-state index is 0.0164. The van der Waals surface area contributed by atoms with E-state index in [1.807, 2.05) is 17.0 Å². The van der Waals surface area contributed by atoms with Crippen LogP contribution in [0.3, 0.4) is 0 Å². The number of halogens is 1. The number of hydrogen-bond acceptors (Lipinski definition) is 3. The van der Waals surface area contributed by atoms with Gasteiger partial charge >= 0.3 is 0 Å². The number of benzene rings is 1. The van der Waals surface area contributed by atoms with Crippen molar-refractivity contribution in [3.05, 3.63) is 59.3 Å².